The van der Waals surface area contributed by atoms with Crippen molar-refractivity contribution in [3.8, 4) is 0 Å². The van der Waals surface area contributed by atoms with Gasteiger partial charge in [-0.2, -0.15) is 0 Å². The lowest BCUT2D eigenvalue weighted by atomic mass is 9.98. The van der Waals surface area contributed by atoms with Crippen molar-refractivity contribution >= 4 is 21.6 Å². The molecule has 3 N–H and O–H groups in total. The summed E-state index contributed by atoms with van der Waals surface area (Å²) in [5, 5.41) is 8.12. The fourth-order valence-corrected chi connectivity index (χ4v) is 2.77. The van der Waals surface area contributed by atoms with Gasteiger partial charge in [0.15, 0.2) is 0 Å². The molecule has 1 aromatic carbocycles. The van der Waals surface area contributed by atoms with Crippen LogP contribution in [0, 0.1) is 12.8 Å². The van der Waals surface area contributed by atoms with E-state index in [0.717, 1.165) is 18.4 Å². The maximum Gasteiger partial charge on any atom is 0.238 e. The van der Waals surface area contributed by atoms with Crippen LogP contribution in [0.4, 0.5) is 5.69 Å². The summed E-state index contributed by atoms with van der Waals surface area (Å²) in [5.41, 5.74) is 2.22. The summed E-state index contributed by atoms with van der Waals surface area (Å²) >= 11 is 0. The molecule has 1 aliphatic carbocycles. The third kappa shape index (κ3) is 3.19. The van der Waals surface area contributed by atoms with E-state index >= 15 is 0 Å². The van der Waals surface area contributed by atoms with Gasteiger partial charge in [0.1, 0.15) is 0 Å². The summed E-state index contributed by atoms with van der Waals surface area (Å²) in [6, 6.07) is 3.05. The third-order valence-electron chi connectivity index (χ3n) is 3.49. The molecule has 0 radical (unpaired) electrons. The van der Waals surface area contributed by atoms with Gasteiger partial charge >= 0.3 is 0 Å². The van der Waals surface area contributed by atoms with E-state index in [2.05, 4.69) is 5.32 Å². The second-order valence-electron chi connectivity index (χ2n) is 5.67. The van der Waals surface area contributed by atoms with Gasteiger partial charge in [-0.3, -0.25) is 4.79 Å². The van der Waals surface area contributed by atoms with Crippen LogP contribution in [-0.4, -0.2) is 14.3 Å². The molecular formula is C14H20N2O3S. The van der Waals surface area contributed by atoms with Crippen molar-refractivity contribution in [2.75, 3.05) is 5.32 Å². The predicted molar refractivity (Wildman–Crippen MR) is 78.0 cm³/mol. The summed E-state index contributed by atoms with van der Waals surface area (Å²) in [6.45, 7) is 5.69. The van der Waals surface area contributed by atoms with E-state index in [4.69, 9.17) is 5.14 Å². The zero-order valence-corrected chi connectivity index (χ0v) is 12.8. The molecule has 2 rings (SSSR count). The standard InChI is InChI=1S/C14H20N2O3S/c1-8(2)12-7-11(20(15,18)19)6-9(3)13(12)16-14(17)10-4-5-10/h6-8,10H,4-5H2,1-3H3,(H,16,17)(H2,15,18,19). The normalized spacial score (nSPS) is 15.4. The molecule has 5 nitrogen and oxygen atoms in total. The van der Waals surface area contributed by atoms with Crippen LogP contribution in [0.5, 0.6) is 0 Å². The molecule has 1 aliphatic rings. The molecule has 0 aliphatic heterocycles. The first-order valence-electron chi connectivity index (χ1n) is 6.68. The van der Waals surface area contributed by atoms with Gasteiger partial charge in [0, 0.05) is 11.6 Å². The Labute approximate surface area is 119 Å². The van der Waals surface area contributed by atoms with Gasteiger partial charge < -0.3 is 5.32 Å². The maximum absolute atomic E-state index is 11.9. The lowest BCUT2D eigenvalue weighted by Crippen LogP contribution is -2.18. The van der Waals surface area contributed by atoms with Crippen molar-refractivity contribution in [2.24, 2.45) is 11.1 Å². The largest absolute Gasteiger partial charge is 0.325 e. The van der Waals surface area contributed by atoms with Crippen LogP contribution in [0.1, 0.15) is 43.7 Å². The van der Waals surface area contributed by atoms with E-state index in [9.17, 15) is 13.2 Å². The van der Waals surface area contributed by atoms with Gasteiger partial charge in [0.05, 0.1) is 4.90 Å². The molecule has 0 atom stereocenters. The number of sulfonamides is 1. The molecule has 6 heteroatoms. The molecule has 0 saturated heterocycles. The molecule has 0 bridgehead atoms. The van der Waals surface area contributed by atoms with Crippen LogP contribution in [0.15, 0.2) is 17.0 Å². The number of amides is 1. The number of carbonyl (C=O) groups excluding carboxylic acids is 1. The predicted octanol–water partition coefficient (Wildman–Crippen LogP) is 2.11. The molecule has 1 saturated carbocycles. The minimum absolute atomic E-state index is 0.0124. The molecule has 0 aromatic heterocycles. The summed E-state index contributed by atoms with van der Waals surface area (Å²) in [4.78, 5) is 12.0. The van der Waals surface area contributed by atoms with Crippen molar-refractivity contribution in [3.05, 3.63) is 23.3 Å². The molecular weight excluding hydrogens is 276 g/mol. The maximum atomic E-state index is 11.9. The first kappa shape index (κ1) is 15.0. The van der Waals surface area contributed by atoms with Crippen LogP contribution in [0.2, 0.25) is 0 Å². The lowest BCUT2D eigenvalue weighted by Gasteiger charge is -2.18. The molecule has 1 aromatic rings. The van der Waals surface area contributed by atoms with Crippen LogP contribution in [0.3, 0.4) is 0 Å². The Hall–Kier alpha value is -1.40. The first-order valence-corrected chi connectivity index (χ1v) is 8.23. The van der Waals surface area contributed by atoms with Gasteiger partial charge in [-0.25, -0.2) is 13.6 Å². The summed E-state index contributed by atoms with van der Waals surface area (Å²) < 4.78 is 23.0. The number of hydrogen-bond donors (Lipinski definition) is 2. The van der Waals surface area contributed by atoms with Crippen molar-refractivity contribution < 1.29 is 13.2 Å². The van der Waals surface area contributed by atoms with Crippen molar-refractivity contribution in [1.29, 1.82) is 0 Å². The summed E-state index contributed by atoms with van der Waals surface area (Å²) in [5.74, 6) is 0.204. The SMILES string of the molecule is Cc1cc(S(N)(=O)=O)cc(C(C)C)c1NC(=O)C1CC1. The number of aryl methyl sites for hydroxylation is 1. The molecule has 1 amide bonds. The number of carbonyl (C=O) groups is 1. The fourth-order valence-electron chi connectivity index (χ4n) is 2.14. The second kappa shape index (κ2) is 5.18. The number of anilines is 1. The zero-order chi connectivity index (χ0) is 15.1. The Balaban J connectivity index is 2.47. The van der Waals surface area contributed by atoms with Gasteiger partial charge in [0.25, 0.3) is 0 Å². The van der Waals surface area contributed by atoms with E-state index < -0.39 is 10.0 Å². The van der Waals surface area contributed by atoms with Crippen LogP contribution < -0.4 is 10.5 Å². The number of primary sulfonamides is 1. The van der Waals surface area contributed by atoms with E-state index in [1.165, 1.54) is 6.07 Å². The van der Waals surface area contributed by atoms with E-state index in [-0.39, 0.29) is 22.6 Å². The molecule has 0 heterocycles. The zero-order valence-electron chi connectivity index (χ0n) is 11.9. The van der Waals surface area contributed by atoms with Crippen molar-refractivity contribution in [2.45, 2.75) is 44.4 Å². The summed E-state index contributed by atoms with van der Waals surface area (Å²) in [7, 11) is -3.74. The number of rotatable bonds is 4. The first-order chi connectivity index (χ1) is 9.20. The van der Waals surface area contributed by atoms with Crippen LogP contribution >= 0.6 is 0 Å². The Morgan fingerprint density at radius 1 is 1.35 bits per heavy atom. The highest BCUT2D eigenvalue weighted by Crippen LogP contribution is 2.34. The smallest absolute Gasteiger partial charge is 0.238 e. The van der Waals surface area contributed by atoms with Crippen molar-refractivity contribution in [1.82, 2.24) is 0 Å². The number of hydrogen-bond acceptors (Lipinski definition) is 3. The van der Waals surface area contributed by atoms with Crippen molar-refractivity contribution in [3.63, 3.8) is 0 Å². The minimum atomic E-state index is -3.74. The number of nitrogens with one attached hydrogen (secondary N) is 1. The minimum Gasteiger partial charge on any atom is -0.325 e. The molecule has 0 unspecified atom stereocenters. The van der Waals surface area contributed by atoms with Gasteiger partial charge in [0.2, 0.25) is 15.9 Å². The fraction of sp³-hybridized carbons (Fsp3) is 0.500. The average molecular weight is 296 g/mol. The van der Waals surface area contributed by atoms with Gasteiger partial charge in [-0.15, -0.1) is 0 Å². The highest BCUT2D eigenvalue weighted by molar-refractivity contribution is 7.89. The molecule has 1 fully saturated rings. The lowest BCUT2D eigenvalue weighted by molar-refractivity contribution is -0.117. The number of nitrogens with two attached hydrogens (primary N) is 1. The Kier molecular flexibility index (Phi) is 3.88. The van der Waals surface area contributed by atoms with E-state index in [1.807, 2.05) is 13.8 Å². The quantitative estimate of drug-likeness (QED) is 0.891. The topological polar surface area (TPSA) is 89.3 Å². The Morgan fingerprint density at radius 3 is 2.40 bits per heavy atom. The average Bonchev–Trinajstić information content (AvgIpc) is 3.13. The van der Waals surface area contributed by atoms with Gasteiger partial charge in [-0.05, 0) is 48.9 Å². The molecule has 110 valence electrons. The molecule has 20 heavy (non-hydrogen) atoms. The van der Waals surface area contributed by atoms with Crippen LogP contribution in [0.25, 0.3) is 0 Å². The molecule has 0 spiro atoms. The van der Waals surface area contributed by atoms with E-state index in [1.54, 1.807) is 13.0 Å². The Bertz CT molecular complexity index is 647. The van der Waals surface area contributed by atoms with Gasteiger partial charge in [-0.1, -0.05) is 13.8 Å². The summed E-state index contributed by atoms with van der Waals surface area (Å²) in [6.07, 6.45) is 1.86. The Morgan fingerprint density at radius 2 is 1.95 bits per heavy atom. The second-order valence-corrected chi connectivity index (χ2v) is 7.23. The third-order valence-corrected chi connectivity index (χ3v) is 4.38. The highest BCUT2D eigenvalue weighted by Gasteiger charge is 2.30. The number of benzene rings is 1. The van der Waals surface area contributed by atoms with E-state index in [0.29, 0.717) is 11.3 Å². The van der Waals surface area contributed by atoms with Crippen LogP contribution in [-0.2, 0) is 14.8 Å². The monoisotopic (exact) mass is 296 g/mol. The highest BCUT2D eigenvalue weighted by atomic mass is 32.2.